The van der Waals surface area contributed by atoms with E-state index < -0.39 is 0 Å². The van der Waals surface area contributed by atoms with Gasteiger partial charge >= 0.3 is 0 Å². The Hall–Kier alpha value is -2.50. The van der Waals surface area contributed by atoms with Crippen molar-refractivity contribution in [3.63, 3.8) is 0 Å². The molecule has 0 radical (unpaired) electrons. The van der Waals surface area contributed by atoms with Crippen molar-refractivity contribution >= 4 is 17.3 Å². The van der Waals surface area contributed by atoms with E-state index in [9.17, 15) is 5.11 Å². The summed E-state index contributed by atoms with van der Waals surface area (Å²) in [6.45, 7) is 0.522. The summed E-state index contributed by atoms with van der Waals surface area (Å²) >= 11 is 6.06. The van der Waals surface area contributed by atoms with Crippen LogP contribution in [0.2, 0.25) is 5.02 Å². The van der Waals surface area contributed by atoms with Gasteiger partial charge in [0.1, 0.15) is 5.75 Å². The molecule has 0 aliphatic rings. The zero-order valence-electron chi connectivity index (χ0n) is 13.2. The molecule has 1 aromatic heterocycles. The van der Waals surface area contributed by atoms with E-state index in [1.165, 1.54) is 0 Å². The van der Waals surface area contributed by atoms with E-state index in [-0.39, 0.29) is 6.61 Å². The van der Waals surface area contributed by atoms with Crippen molar-refractivity contribution in [3.05, 3.63) is 64.8 Å². The molecule has 0 aliphatic heterocycles. The van der Waals surface area contributed by atoms with Gasteiger partial charge in [-0.05, 0) is 30.3 Å². The number of aromatic amines is 1. The van der Waals surface area contributed by atoms with E-state index in [1.54, 1.807) is 13.3 Å². The highest BCUT2D eigenvalue weighted by atomic mass is 35.5. The molecule has 6 heteroatoms. The van der Waals surface area contributed by atoms with Crippen LogP contribution in [-0.4, -0.2) is 22.4 Å². The van der Waals surface area contributed by atoms with Gasteiger partial charge in [0.25, 0.3) is 0 Å². The van der Waals surface area contributed by atoms with Gasteiger partial charge in [-0.3, -0.25) is 5.10 Å². The minimum atomic E-state index is -0.0713. The summed E-state index contributed by atoms with van der Waals surface area (Å²) in [6.07, 6.45) is 1.79. The fourth-order valence-corrected chi connectivity index (χ4v) is 2.74. The SMILES string of the molecule is COc1ccc(NCc2cn[nH]c2-c2cccc(Cl)c2)cc1CO. The quantitative estimate of drug-likeness (QED) is 0.636. The number of ether oxygens (including phenoxy) is 1. The van der Waals surface area contributed by atoms with E-state index in [2.05, 4.69) is 15.5 Å². The lowest BCUT2D eigenvalue weighted by Gasteiger charge is -2.11. The summed E-state index contributed by atoms with van der Waals surface area (Å²) in [7, 11) is 1.59. The molecular formula is C18H18ClN3O2. The molecule has 24 heavy (non-hydrogen) atoms. The third-order valence-corrected chi connectivity index (χ3v) is 4.00. The smallest absolute Gasteiger partial charge is 0.124 e. The Morgan fingerprint density at radius 1 is 1.21 bits per heavy atom. The van der Waals surface area contributed by atoms with Crippen molar-refractivity contribution in [3.8, 4) is 17.0 Å². The average molecular weight is 344 g/mol. The van der Waals surface area contributed by atoms with Crippen LogP contribution >= 0.6 is 11.6 Å². The summed E-state index contributed by atoms with van der Waals surface area (Å²) in [5, 5.41) is 20.6. The van der Waals surface area contributed by atoms with Crippen molar-refractivity contribution in [2.45, 2.75) is 13.2 Å². The number of nitrogens with one attached hydrogen (secondary N) is 2. The predicted molar refractivity (Wildman–Crippen MR) is 95.3 cm³/mol. The number of halogens is 1. The molecule has 1 heterocycles. The van der Waals surface area contributed by atoms with Crippen LogP contribution in [0, 0.1) is 0 Å². The maximum absolute atomic E-state index is 9.41. The topological polar surface area (TPSA) is 70.2 Å². The van der Waals surface area contributed by atoms with Gasteiger partial charge in [0, 0.05) is 33.9 Å². The Labute approximate surface area is 145 Å². The van der Waals surface area contributed by atoms with Gasteiger partial charge in [0.05, 0.1) is 25.6 Å². The number of anilines is 1. The first kappa shape index (κ1) is 16.4. The van der Waals surface area contributed by atoms with Crippen LogP contribution in [0.4, 0.5) is 5.69 Å². The summed E-state index contributed by atoms with van der Waals surface area (Å²) in [4.78, 5) is 0. The highest BCUT2D eigenvalue weighted by Gasteiger charge is 2.09. The maximum atomic E-state index is 9.41. The highest BCUT2D eigenvalue weighted by Crippen LogP contribution is 2.26. The van der Waals surface area contributed by atoms with Crippen LogP contribution in [0.1, 0.15) is 11.1 Å². The highest BCUT2D eigenvalue weighted by molar-refractivity contribution is 6.30. The third kappa shape index (κ3) is 3.53. The normalized spacial score (nSPS) is 10.6. The Balaban J connectivity index is 1.78. The Morgan fingerprint density at radius 2 is 2.08 bits per heavy atom. The average Bonchev–Trinajstić information content (AvgIpc) is 3.08. The van der Waals surface area contributed by atoms with Gasteiger partial charge in [-0.2, -0.15) is 5.10 Å². The van der Waals surface area contributed by atoms with Gasteiger partial charge in [0.15, 0.2) is 0 Å². The molecule has 2 aromatic carbocycles. The number of aliphatic hydroxyl groups excluding tert-OH is 1. The fraction of sp³-hybridized carbons (Fsp3) is 0.167. The molecule has 5 nitrogen and oxygen atoms in total. The van der Waals surface area contributed by atoms with Gasteiger partial charge in [-0.15, -0.1) is 0 Å². The van der Waals surface area contributed by atoms with Gasteiger partial charge in [-0.25, -0.2) is 0 Å². The van der Waals surface area contributed by atoms with E-state index in [0.717, 1.165) is 28.1 Å². The van der Waals surface area contributed by atoms with Crippen molar-refractivity contribution in [1.82, 2.24) is 10.2 Å². The Kier molecular flexibility index (Phi) is 5.03. The molecule has 3 rings (SSSR count). The van der Waals surface area contributed by atoms with Crippen molar-refractivity contribution in [1.29, 1.82) is 0 Å². The number of methoxy groups -OCH3 is 1. The van der Waals surface area contributed by atoms with Gasteiger partial charge in [0.2, 0.25) is 0 Å². The first-order chi connectivity index (χ1) is 11.7. The molecule has 0 bridgehead atoms. The Bertz CT molecular complexity index is 833. The van der Waals surface area contributed by atoms with E-state index in [4.69, 9.17) is 16.3 Å². The second-order valence-electron chi connectivity index (χ2n) is 5.32. The number of H-pyrrole nitrogens is 1. The first-order valence-electron chi connectivity index (χ1n) is 7.51. The van der Waals surface area contributed by atoms with E-state index in [0.29, 0.717) is 17.3 Å². The number of rotatable bonds is 6. The second kappa shape index (κ2) is 7.38. The molecule has 3 N–H and O–H groups in total. The standard InChI is InChI=1S/C18H18ClN3O2/c1-24-17-6-5-16(8-13(17)11-23)20-9-14-10-21-22-18(14)12-3-2-4-15(19)7-12/h2-8,10,20,23H,9,11H2,1H3,(H,21,22). The summed E-state index contributed by atoms with van der Waals surface area (Å²) in [5.41, 5.74) is 4.59. The largest absolute Gasteiger partial charge is 0.496 e. The van der Waals surface area contributed by atoms with Crippen LogP contribution in [0.5, 0.6) is 5.75 Å². The third-order valence-electron chi connectivity index (χ3n) is 3.76. The van der Waals surface area contributed by atoms with Gasteiger partial charge < -0.3 is 15.2 Å². The molecule has 0 fully saturated rings. The van der Waals surface area contributed by atoms with Crippen molar-refractivity contribution in [2.75, 3.05) is 12.4 Å². The molecule has 0 aliphatic carbocycles. The van der Waals surface area contributed by atoms with E-state index in [1.807, 2.05) is 42.5 Å². The lowest BCUT2D eigenvalue weighted by molar-refractivity contribution is 0.274. The lowest BCUT2D eigenvalue weighted by Crippen LogP contribution is -2.01. The number of hydrogen-bond donors (Lipinski definition) is 3. The number of hydrogen-bond acceptors (Lipinski definition) is 4. The zero-order valence-corrected chi connectivity index (χ0v) is 14.0. The molecular weight excluding hydrogens is 326 g/mol. The number of benzene rings is 2. The molecule has 0 amide bonds. The summed E-state index contributed by atoms with van der Waals surface area (Å²) < 4.78 is 5.21. The molecule has 0 spiro atoms. The van der Waals surface area contributed by atoms with Crippen LogP contribution in [0.25, 0.3) is 11.3 Å². The van der Waals surface area contributed by atoms with Gasteiger partial charge in [-0.1, -0.05) is 23.7 Å². The minimum absolute atomic E-state index is 0.0713. The number of aliphatic hydroxyl groups is 1. The molecule has 0 saturated heterocycles. The molecule has 124 valence electrons. The summed E-state index contributed by atoms with van der Waals surface area (Å²) in [5.74, 6) is 0.672. The van der Waals surface area contributed by atoms with Crippen LogP contribution < -0.4 is 10.1 Å². The first-order valence-corrected chi connectivity index (χ1v) is 7.89. The number of nitrogens with zero attached hydrogens (tertiary/aromatic N) is 1. The fourth-order valence-electron chi connectivity index (χ4n) is 2.55. The maximum Gasteiger partial charge on any atom is 0.124 e. The monoisotopic (exact) mass is 343 g/mol. The Morgan fingerprint density at radius 3 is 2.83 bits per heavy atom. The van der Waals surface area contributed by atoms with Crippen molar-refractivity contribution < 1.29 is 9.84 Å². The number of aromatic nitrogens is 2. The predicted octanol–water partition coefficient (Wildman–Crippen LogP) is 3.84. The van der Waals surface area contributed by atoms with E-state index >= 15 is 0 Å². The van der Waals surface area contributed by atoms with Crippen LogP contribution in [0.3, 0.4) is 0 Å². The second-order valence-corrected chi connectivity index (χ2v) is 5.76. The molecule has 0 atom stereocenters. The molecule has 3 aromatic rings. The van der Waals surface area contributed by atoms with Crippen molar-refractivity contribution in [2.24, 2.45) is 0 Å². The van der Waals surface area contributed by atoms with Crippen LogP contribution in [-0.2, 0) is 13.2 Å². The zero-order chi connectivity index (χ0) is 16.9. The minimum Gasteiger partial charge on any atom is -0.496 e. The lowest BCUT2D eigenvalue weighted by atomic mass is 10.1. The van der Waals surface area contributed by atoms with Crippen LogP contribution in [0.15, 0.2) is 48.7 Å². The summed E-state index contributed by atoms with van der Waals surface area (Å²) in [6, 6.07) is 13.3. The molecule has 0 saturated carbocycles. The molecule has 0 unspecified atom stereocenters.